The summed E-state index contributed by atoms with van der Waals surface area (Å²) in [5.74, 6) is -0.373. The van der Waals surface area contributed by atoms with Gasteiger partial charge in [0.15, 0.2) is 0 Å². The van der Waals surface area contributed by atoms with Crippen molar-refractivity contribution in [1.82, 2.24) is 9.62 Å². The Balaban J connectivity index is 1.38. The molecule has 4 rings (SSSR count). The van der Waals surface area contributed by atoms with Crippen molar-refractivity contribution in [2.45, 2.75) is 50.5 Å². The monoisotopic (exact) mass is 482 g/mol. The van der Waals surface area contributed by atoms with Crippen molar-refractivity contribution in [2.24, 2.45) is 10.9 Å². The number of nitrogens with one attached hydrogen (secondary N) is 2. The molecular formula is C25H30N4O4S. The molecule has 0 spiro atoms. The van der Waals surface area contributed by atoms with Crippen molar-refractivity contribution in [3.63, 3.8) is 0 Å². The summed E-state index contributed by atoms with van der Waals surface area (Å²) in [7, 11) is -3.80. The van der Waals surface area contributed by atoms with Gasteiger partial charge in [0.05, 0.1) is 10.8 Å². The molecule has 0 unspecified atom stereocenters. The van der Waals surface area contributed by atoms with Gasteiger partial charge in [-0.3, -0.25) is 19.3 Å². The van der Waals surface area contributed by atoms with E-state index in [9.17, 15) is 18.0 Å². The zero-order valence-corrected chi connectivity index (χ0v) is 20.1. The number of hydrogen-bond donors (Lipinski definition) is 2. The predicted molar refractivity (Wildman–Crippen MR) is 131 cm³/mol. The number of rotatable bonds is 6. The third-order valence-corrected chi connectivity index (χ3v) is 7.50. The van der Waals surface area contributed by atoms with Crippen LogP contribution in [0.4, 0.5) is 5.69 Å². The number of aliphatic imine (C=N–C) groups is 1. The van der Waals surface area contributed by atoms with E-state index in [1.165, 1.54) is 12.1 Å². The van der Waals surface area contributed by atoms with Crippen molar-refractivity contribution in [2.75, 3.05) is 18.4 Å². The highest BCUT2D eigenvalue weighted by Crippen LogP contribution is 2.23. The number of sulfonamides is 1. The molecule has 2 heterocycles. The van der Waals surface area contributed by atoms with Gasteiger partial charge in [0, 0.05) is 38.2 Å². The molecule has 0 bridgehead atoms. The van der Waals surface area contributed by atoms with Crippen molar-refractivity contribution in [3.8, 4) is 0 Å². The Morgan fingerprint density at radius 2 is 1.91 bits per heavy atom. The van der Waals surface area contributed by atoms with Gasteiger partial charge >= 0.3 is 0 Å². The highest BCUT2D eigenvalue weighted by molar-refractivity contribution is 7.90. The van der Waals surface area contributed by atoms with E-state index in [1.807, 2.05) is 31.2 Å². The molecule has 8 nitrogen and oxygen atoms in total. The van der Waals surface area contributed by atoms with Crippen molar-refractivity contribution in [3.05, 3.63) is 59.7 Å². The fraction of sp³-hybridized carbons (Fsp3) is 0.400. The number of hydrogen-bond acceptors (Lipinski definition) is 5. The van der Waals surface area contributed by atoms with Crippen LogP contribution in [0, 0.1) is 12.8 Å². The van der Waals surface area contributed by atoms with Crippen LogP contribution in [-0.2, 0) is 26.2 Å². The molecular weight excluding hydrogens is 452 g/mol. The normalized spacial score (nSPS) is 18.9. The average molecular weight is 483 g/mol. The summed E-state index contributed by atoms with van der Waals surface area (Å²) in [4.78, 5) is 31.4. The maximum absolute atomic E-state index is 12.8. The first-order chi connectivity index (χ1) is 16.3. The summed E-state index contributed by atoms with van der Waals surface area (Å²) in [6, 6.07) is 14.1. The van der Waals surface area contributed by atoms with Crippen LogP contribution in [0.5, 0.6) is 0 Å². The molecule has 2 aliphatic rings. The number of carbonyl (C=O) groups excluding carboxylic acids is 2. The maximum atomic E-state index is 12.8. The number of carbonyl (C=O) groups is 2. The number of aryl methyl sites for hydroxylation is 1. The minimum Gasteiger partial charge on any atom is -0.338 e. The smallest absolute Gasteiger partial charge is 0.262 e. The predicted octanol–water partition coefficient (Wildman–Crippen LogP) is 3.23. The topological polar surface area (TPSA) is 108 Å². The van der Waals surface area contributed by atoms with E-state index in [-0.39, 0.29) is 23.1 Å². The number of nitrogens with zero attached hydrogens (tertiary/aromatic N) is 2. The van der Waals surface area contributed by atoms with Crippen LogP contribution in [0.2, 0.25) is 0 Å². The van der Waals surface area contributed by atoms with Crippen LogP contribution in [0.1, 0.15) is 43.2 Å². The average Bonchev–Trinajstić information content (AvgIpc) is 2.99. The van der Waals surface area contributed by atoms with Crippen molar-refractivity contribution < 1.29 is 18.0 Å². The zero-order chi connectivity index (χ0) is 24.1. The Labute approximate surface area is 200 Å². The first-order valence-electron chi connectivity index (χ1n) is 11.6. The molecule has 1 fully saturated rings. The Kier molecular flexibility index (Phi) is 7.31. The molecule has 2 aromatic carbocycles. The van der Waals surface area contributed by atoms with E-state index in [0.717, 1.165) is 30.4 Å². The van der Waals surface area contributed by atoms with Crippen molar-refractivity contribution in [1.29, 1.82) is 0 Å². The Hall–Kier alpha value is -3.20. The lowest BCUT2D eigenvalue weighted by Gasteiger charge is -2.17. The van der Waals surface area contributed by atoms with Gasteiger partial charge in [0.1, 0.15) is 5.84 Å². The van der Waals surface area contributed by atoms with Crippen LogP contribution < -0.4 is 10.0 Å². The van der Waals surface area contributed by atoms with Gasteiger partial charge in [-0.1, -0.05) is 42.3 Å². The minimum absolute atomic E-state index is 0.0562. The summed E-state index contributed by atoms with van der Waals surface area (Å²) >= 11 is 0. The molecule has 2 amide bonds. The lowest BCUT2D eigenvalue weighted by atomic mass is 10.1. The second kappa shape index (κ2) is 10.4. The molecule has 0 saturated carbocycles. The van der Waals surface area contributed by atoms with Gasteiger partial charge < -0.3 is 10.2 Å². The van der Waals surface area contributed by atoms with Gasteiger partial charge in [-0.25, -0.2) is 8.42 Å². The number of likely N-dealkylation sites (tertiary alicyclic amines) is 1. The van der Waals surface area contributed by atoms with Gasteiger partial charge in [0.25, 0.3) is 10.0 Å². The van der Waals surface area contributed by atoms with Crippen LogP contribution in [0.15, 0.2) is 58.4 Å². The van der Waals surface area contributed by atoms with Crippen LogP contribution in [-0.4, -0.2) is 44.1 Å². The third-order valence-electron chi connectivity index (χ3n) is 6.12. The van der Waals surface area contributed by atoms with E-state index in [4.69, 9.17) is 0 Å². The van der Waals surface area contributed by atoms with Gasteiger partial charge in [-0.15, -0.1) is 0 Å². The number of benzene rings is 2. The molecule has 2 N–H and O–H groups in total. The summed E-state index contributed by atoms with van der Waals surface area (Å²) in [5.41, 5.74) is 2.54. The van der Waals surface area contributed by atoms with E-state index in [2.05, 4.69) is 15.0 Å². The lowest BCUT2D eigenvalue weighted by Crippen LogP contribution is -2.31. The molecule has 1 atom stereocenters. The number of anilines is 1. The van der Waals surface area contributed by atoms with Gasteiger partial charge in [-0.05, 0) is 43.5 Å². The van der Waals surface area contributed by atoms with E-state index in [1.54, 1.807) is 17.0 Å². The SMILES string of the molecule is Cc1ccc(CN2C[C@@H](C(=O)Nc3cccc(S(=O)(=O)NC4=NCCCCC4)c3)CC2=O)cc1. The Bertz CT molecular complexity index is 1190. The largest absolute Gasteiger partial charge is 0.338 e. The highest BCUT2D eigenvalue weighted by atomic mass is 32.2. The number of amides is 2. The molecule has 2 aromatic rings. The fourth-order valence-electron chi connectivity index (χ4n) is 4.17. The molecule has 180 valence electrons. The quantitative estimate of drug-likeness (QED) is 0.659. The molecule has 34 heavy (non-hydrogen) atoms. The van der Waals surface area contributed by atoms with E-state index < -0.39 is 15.9 Å². The minimum atomic E-state index is -3.80. The lowest BCUT2D eigenvalue weighted by molar-refractivity contribution is -0.128. The highest BCUT2D eigenvalue weighted by Gasteiger charge is 2.34. The number of amidine groups is 1. The Morgan fingerprint density at radius 1 is 1.12 bits per heavy atom. The molecule has 1 saturated heterocycles. The van der Waals surface area contributed by atoms with Crippen LogP contribution >= 0.6 is 0 Å². The van der Waals surface area contributed by atoms with Gasteiger partial charge in [-0.2, -0.15) is 0 Å². The molecule has 2 aliphatic heterocycles. The molecule has 9 heteroatoms. The van der Waals surface area contributed by atoms with Crippen LogP contribution in [0.25, 0.3) is 0 Å². The first-order valence-corrected chi connectivity index (χ1v) is 13.1. The molecule has 0 radical (unpaired) electrons. The second-order valence-electron chi connectivity index (χ2n) is 8.92. The molecule has 0 aliphatic carbocycles. The standard InChI is InChI=1S/C25H30N4O4S/c1-18-9-11-19(12-10-18)16-29-17-20(14-24(29)30)25(31)27-21-6-5-7-22(15-21)34(32,33)28-23-8-3-2-4-13-26-23/h5-7,9-12,15,20H,2-4,8,13-14,16-17H2,1H3,(H,26,28)(H,27,31)/t20-/m0/s1. The fourth-order valence-corrected chi connectivity index (χ4v) is 5.31. The van der Waals surface area contributed by atoms with Gasteiger partial charge in [0.2, 0.25) is 11.8 Å². The third kappa shape index (κ3) is 6.02. The summed E-state index contributed by atoms with van der Waals surface area (Å²) in [6.45, 7) is 3.42. The maximum Gasteiger partial charge on any atom is 0.262 e. The second-order valence-corrected chi connectivity index (χ2v) is 10.6. The van der Waals surface area contributed by atoms with E-state index >= 15 is 0 Å². The molecule has 0 aromatic heterocycles. The summed E-state index contributed by atoms with van der Waals surface area (Å²) in [5, 5.41) is 2.78. The van der Waals surface area contributed by atoms with E-state index in [0.29, 0.717) is 37.6 Å². The van der Waals surface area contributed by atoms with Crippen molar-refractivity contribution >= 4 is 33.4 Å². The summed E-state index contributed by atoms with van der Waals surface area (Å²) < 4.78 is 28.2. The zero-order valence-electron chi connectivity index (χ0n) is 19.3. The Morgan fingerprint density at radius 3 is 2.71 bits per heavy atom. The van der Waals surface area contributed by atoms with Crippen LogP contribution in [0.3, 0.4) is 0 Å². The summed E-state index contributed by atoms with van der Waals surface area (Å²) in [6.07, 6.45) is 3.63. The first kappa shape index (κ1) is 23.9.